The van der Waals surface area contributed by atoms with E-state index in [1.54, 1.807) is 23.6 Å². The van der Waals surface area contributed by atoms with E-state index in [4.69, 9.17) is 0 Å². The van der Waals surface area contributed by atoms with E-state index in [0.717, 1.165) is 4.88 Å². The van der Waals surface area contributed by atoms with Gasteiger partial charge in [-0.25, -0.2) is 9.97 Å². The maximum atomic E-state index is 11.5. The van der Waals surface area contributed by atoms with Crippen LogP contribution in [0.2, 0.25) is 0 Å². The molecule has 24 heavy (non-hydrogen) atoms. The summed E-state index contributed by atoms with van der Waals surface area (Å²) in [5.74, 6) is 0.263. The molecule has 5 N–H and O–H groups in total. The first-order valence-corrected chi connectivity index (χ1v) is 11.4. The van der Waals surface area contributed by atoms with Crippen molar-refractivity contribution in [3.63, 3.8) is 0 Å². The van der Waals surface area contributed by atoms with E-state index in [0.29, 0.717) is 16.0 Å². The molecule has 0 radical (unpaired) electrons. The monoisotopic (exact) mass is 407 g/mol. The minimum atomic E-state index is -5.13. The molecular formula is C11H11N3O6P2S2. The Bertz CT molecular complexity index is 941. The first-order valence-electron chi connectivity index (χ1n) is 6.32. The van der Waals surface area contributed by atoms with Gasteiger partial charge in [-0.05, 0) is 22.9 Å². The number of anilines is 1. The fourth-order valence-electron chi connectivity index (χ4n) is 1.97. The molecule has 0 saturated carbocycles. The molecular weight excluding hydrogens is 396 g/mol. The fourth-order valence-corrected chi connectivity index (χ4v) is 5.54. The number of rotatable bonds is 5. The van der Waals surface area contributed by atoms with Crippen LogP contribution in [0.3, 0.4) is 0 Å². The Kier molecular flexibility index (Phi) is 4.63. The van der Waals surface area contributed by atoms with Crippen LogP contribution >= 0.6 is 37.9 Å². The van der Waals surface area contributed by atoms with E-state index in [9.17, 15) is 28.7 Å². The molecule has 0 amide bonds. The van der Waals surface area contributed by atoms with Crippen molar-refractivity contribution in [2.75, 3.05) is 5.32 Å². The molecule has 128 valence electrons. The summed E-state index contributed by atoms with van der Waals surface area (Å²) in [6, 6.07) is 5.17. The molecule has 0 spiro atoms. The molecule has 3 heterocycles. The Morgan fingerprint density at radius 1 is 1.00 bits per heavy atom. The van der Waals surface area contributed by atoms with Crippen LogP contribution < -0.4 is 5.32 Å². The standard InChI is InChI=1S/C11H11N3O6P2S2/c15-21(16,17)11(22(18,19)20)14-8-6-3-5-24-10(6)13-9(12-8)7-2-1-4-23-7/h1-5,11H,(H,12,13,14)(H2,15,16,17)(H2,18,19,20). The third-order valence-corrected chi connectivity index (χ3v) is 7.98. The molecule has 0 saturated heterocycles. The van der Waals surface area contributed by atoms with Crippen LogP contribution in [0, 0.1) is 0 Å². The van der Waals surface area contributed by atoms with Crippen LogP contribution in [0.25, 0.3) is 20.9 Å². The summed E-state index contributed by atoms with van der Waals surface area (Å²) in [5.41, 5.74) is -2.38. The van der Waals surface area contributed by atoms with Crippen molar-refractivity contribution >= 4 is 53.9 Å². The molecule has 0 aliphatic carbocycles. The zero-order valence-corrected chi connectivity index (χ0v) is 15.1. The molecule has 0 fully saturated rings. The lowest BCUT2D eigenvalue weighted by Gasteiger charge is -2.21. The number of hydrogen-bond acceptors (Lipinski definition) is 7. The second-order valence-corrected chi connectivity index (χ2v) is 10.3. The average Bonchev–Trinajstić information content (AvgIpc) is 3.12. The third-order valence-electron chi connectivity index (χ3n) is 2.97. The molecule has 3 aromatic heterocycles. The van der Waals surface area contributed by atoms with E-state index in [1.807, 2.05) is 5.38 Å². The van der Waals surface area contributed by atoms with Gasteiger partial charge in [-0.2, -0.15) is 0 Å². The highest BCUT2D eigenvalue weighted by molar-refractivity contribution is 7.71. The lowest BCUT2D eigenvalue weighted by atomic mass is 10.3. The highest BCUT2D eigenvalue weighted by atomic mass is 32.1. The summed E-state index contributed by atoms with van der Waals surface area (Å²) in [5, 5.41) is 6.17. The zero-order chi connectivity index (χ0) is 17.5. The van der Waals surface area contributed by atoms with Crippen molar-refractivity contribution < 1.29 is 28.7 Å². The van der Waals surface area contributed by atoms with Gasteiger partial charge in [-0.1, -0.05) is 6.07 Å². The van der Waals surface area contributed by atoms with Crippen molar-refractivity contribution in [2.24, 2.45) is 0 Å². The Morgan fingerprint density at radius 2 is 1.71 bits per heavy atom. The number of thiophene rings is 2. The smallest absolute Gasteiger partial charge is 0.346 e. The van der Waals surface area contributed by atoms with Gasteiger partial charge in [-0.3, -0.25) is 9.13 Å². The number of fused-ring (bicyclic) bond motifs is 1. The van der Waals surface area contributed by atoms with Gasteiger partial charge in [-0.15, -0.1) is 22.7 Å². The van der Waals surface area contributed by atoms with E-state index in [2.05, 4.69) is 15.3 Å². The molecule has 0 aliphatic rings. The molecule has 0 atom stereocenters. The van der Waals surface area contributed by atoms with Crippen LogP contribution in [0.5, 0.6) is 0 Å². The lowest BCUT2D eigenvalue weighted by molar-refractivity contribution is 0.343. The van der Waals surface area contributed by atoms with Crippen LogP contribution in [-0.2, 0) is 9.13 Å². The average molecular weight is 407 g/mol. The van der Waals surface area contributed by atoms with Gasteiger partial charge in [0.2, 0.25) is 5.52 Å². The van der Waals surface area contributed by atoms with Crippen LogP contribution in [0.15, 0.2) is 29.0 Å². The van der Waals surface area contributed by atoms with Crippen molar-refractivity contribution in [1.82, 2.24) is 9.97 Å². The summed E-state index contributed by atoms with van der Waals surface area (Å²) in [6.07, 6.45) is 0. The van der Waals surface area contributed by atoms with Crippen LogP contribution in [-0.4, -0.2) is 35.1 Å². The lowest BCUT2D eigenvalue weighted by Crippen LogP contribution is -2.21. The predicted octanol–water partition coefficient (Wildman–Crippen LogP) is 2.47. The second-order valence-electron chi connectivity index (χ2n) is 4.71. The summed E-state index contributed by atoms with van der Waals surface area (Å²) < 4.78 is 22.9. The van der Waals surface area contributed by atoms with Gasteiger partial charge in [0.1, 0.15) is 10.6 Å². The van der Waals surface area contributed by atoms with Crippen molar-refractivity contribution in [3.05, 3.63) is 29.0 Å². The largest absolute Gasteiger partial charge is 0.360 e. The molecule has 9 nitrogen and oxygen atoms in total. The normalized spacial score (nSPS) is 12.9. The first kappa shape index (κ1) is 17.7. The molecule has 3 aromatic rings. The Labute approximate surface area is 143 Å². The number of aromatic nitrogens is 2. The minimum Gasteiger partial charge on any atom is -0.346 e. The van der Waals surface area contributed by atoms with Gasteiger partial charge in [0.05, 0.1) is 10.3 Å². The van der Waals surface area contributed by atoms with Crippen molar-refractivity contribution in [1.29, 1.82) is 0 Å². The van der Waals surface area contributed by atoms with E-state index >= 15 is 0 Å². The van der Waals surface area contributed by atoms with Crippen molar-refractivity contribution in [2.45, 2.75) is 5.52 Å². The first-order chi connectivity index (χ1) is 11.2. The quantitative estimate of drug-likeness (QED) is 0.401. The molecule has 0 aliphatic heterocycles. The molecule has 3 rings (SSSR count). The topological polar surface area (TPSA) is 153 Å². The number of nitrogens with zero attached hydrogens (tertiary/aromatic N) is 2. The minimum absolute atomic E-state index is 0.0405. The predicted molar refractivity (Wildman–Crippen MR) is 92.2 cm³/mol. The summed E-state index contributed by atoms with van der Waals surface area (Å²) in [4.78, 5) is 46.9. The van der Waals surface area contributed by atoms with Crippen molar-refractivity contribution in [3.8, 4) is 10.7 Å². The van der Waals surface area contributed by atoms with E-state index < -0.39 is 20.7 Å². The summed E-state index contributed by atoms with van der Waals surface area (Å²) in [7, 11) is -10.3. The Morgan fingerprint density at radius 3 is 2.29 bits per heavy atom. The number of nitrogens with one attached hydrogen (secondary N) is 1. The SMILES string of the molecule is O=P(O)(O)C(Nc1nc(-c2cccs2)nc2sccc12)P(=O)(O)O. The van der Waals surface area contributed by atoms with Crippen LogP contribution in [0.4, 0.5) is 5.82 Å². The fraction of sp³-hybridized carbons (Fsp3) is 0.0909. The Hall–Kier alpha value is -1.16. The number of hydrogen-bond donors (Lipinski definition) is 5. The van der Waals surface area contributed by atoms with E-state index in [-0.39, 0.29) is 5.82 Å². The third kappa shape index (κ3) is 3.58. The maximum Gasteiger partial charge on any atom is 0.360 e. The van der Waals surface area contributed by atoms with Gasteiger partial charge in [0, 0.05) is 0 Å². The molecule has 0 unspecified atom stereocenters. The van der Waals surface area contributed by atoms with Gasteiger partial charge < -0.3 is 24.9 Å². The molecule has 13 heteroatoms. The zero-order valence-electron chi connectivity index (χ0n) is 11.7. The summed E-state index contributed by atoms with van der Waals surface area (Å²) >= 11 is 2.65. The summed E-state index contributed by atoms with van der Waals surface area (Å²) in [6.45, 7) is 0. The molecule has 0 bridgehead atoms. The van der Waals surface area contributed by atoms with Gasteiger partial charge >= 0.3 is 15.2 Å². The highest BCUT2D eigenvalue weighted by Gasteiger charge is 2.44. The maximum absolute atomic E-state index is 11.5. The molecule has 0 aromatic carbocycles. The second kappa shape index (κ2) is 6.29. The van der Waals surface area contributed by atoms with Gasteiger partial charge in [0.15, 0.2) is 5.82 Å². The van der Waals surface area contributed by atoms with E-state index in [1.165, 1.54) is 22.7 Å². The van der Waals surface area contributed by atoms with Crippen LogP contribution in [0.1, 0.15) is 0 Å². The highest BCUT2D eigenvalue weighted by Crippen LogP contribution is 2.59. The van der Waals surface area contributed by atoms with Gasteiger partial charge in [0.25, 0.3) is 0 Å². The Balaban J connectivity index is 2.13.